The molecule has 0 aliphatic heterocycles. The summed E-state index contributed by atoms with van der Waals surface area (Å²) in [5, 5.41) is 9.16. The van der Waals surface area contributed by atoms with Gasteiger partial charge in [0.15, 0.2) is 0 Å². The second-order valence-electron chi connectivity index (χ2n) is 8.06. The summed E-state index contributed by atoms with van der Waals surface area (Å²) < 4.78 is 10.6. The first-order valence-corrected chi connectivity index (χ1v) is 11.9. The Kier molecular flexibility index (Phi) is 8.06. The average Bonchev–Trinajstić information content (AvgIpc) is 2.88. The summed E-state index contributed by atoms with van der Waals surface area (Å²) in [6.07, 6.45) is 5.08. The second kappa shape index (κ2) is 11.6. The van der Waals surface area contributed by atoms with Crippen LogP contribution in [-0.2, 0) is 4.79 Å². The lowest BCUT2D eigenvalue weighted by atomic mass is 10.1. The minimum Gasteiger partial charge on any atom is -0.497 e. The van der Waals surface area contributed by atoms with Crippen LogP contribution < -0.4 is 20.1 Å². The van der Waals surface area contributed by atoms with Crippen LogP contribution in [0.2, 0.25) is 5.02 Å². The number of carbonyl (C=O) groups is 1. The molecule has 2 N–H and O–H groups in total. The molecular weight excluding hydrogens is 462 g/mol. The number of pyridine rings is 1. The Hall–Kier alpha value is -3.77. The molecule has 4 aromatic rings. The van der Waals surface area contributed by atoms with E-state index in [1.807, 2.05) is 60.7 Å². The third-order valence-electron chi connectivity index (χ3n) is 5.69. The van der Waals surface area contributed by atoms with E-state index in [0.29, 0.717) is 11.6 Å². The molecule has 0 aliphatic carbocycles. The Morgan fingerprint density at radius 2 is 1.63 bits per heavy atom. The van der Waals surface area contributed by atoms with Crippen LogP contribution in [0.4, 0.5) is 5.69 Å². The van der Waals surface area contributed by atoms with Gasteiger partial charge >= 0.3 is 0 Å². The number of benzene rings is 3. The lowest BCUT2D eigenvalue weighted by Gasteiger charge is -2.14. The summed E-state index contributed by atoms with van der Waals surface area (Å²) in [7, 11) is 3.28. The third kappa shape index (κ3) is 6.22. The fraction of sp³-hybridized carbons (Fsp3) is 0.214. The SMILES string of the molecule is COc1ccc(/C=C/C(=O)NCCCCNc2c3ccc(Cl)cc3nc3ccc(OC)cc23)cc1. The van der Waals surface area contributed by atoms with E-state index in [-0.39, 0.29) is 5.91 Å². The fourth-order valence-corrected chi connectivity index (χ4v) is 4.00. The predicted molar refractivity (Wildman–Crippen MR) is 144 cm³/mol. The normalized spacial score (nSPS) is 11.2. The molecular formula is C28H28ClN3O3. The number of amides is 1. The molecule has 4 rings (SSSR count). The minimum atomic E-state index is -0.108. The van der Waals surface area contributed by atoms with E-state index in [1.54, 1.807) is 26.4 Å². The van der Waals surface area contributed by atoms with Crippen LogP contribution in [0.3, 0.4) is 0 Å². The number of anilines is 1. The lowest BCUT2D eigenvalue weighted by molar-refractivity contribution is -0.116. The van der Waals surface area contributed by atoms with Gasteiger partial charge in [-0.1, -0.05) is 23.7 Å². The predicted octanol–water partition coefficient (Wildman–Crippen LogP) is 6.08. The Balaban J connectivity index is 1.33. The number of methoxy groups -OCH3 is 2. The maximum absolute atomic E-state index is 12.1. The Morgan fingerprint density at radius 1 is 0.886 bits per heavy atom. The topological polar surface area (TPSA) is 72.5 Å². The highest BCUT2D eigenvalue weighted by atomic mass is 35.5. The molecule has 0 bridgehead atoms. The van der Waals surface area contributed by atoms with E-state index in [1.165, 1.54) is 0 Å². The van der Waals surface area contributed by atoms with E-state index in [9.17, 15) is 4.79 Å². The van der Waals surface area contributed by atoms with Crippen molar-refractivity contribution in [1.29, 1.82) is 0 Å². The van der Waals surface area contributed by atoms with Gasteiger partial charge in [-0.15, -0.1) is 0 Å². The van der Waals surface area contributed by atoms with Crippen LogP contribution in [-0.4, -0.2) is 38.2 Å². The Bertz CT molecular complexity index is 1350. The molecule has 0 radical (unpaired) electrons. The molecule has 7 heteroatoms. The zero-order valence-corrected chi connectivity index (χ0v) is 20.6. The number of hydrogen-bond donors (Lipinski definition) is 2. The molecule has 0 fully saturated rings. The van der Waals surface area contributed by atoms with Gasteiger partial charge in [0.25, 0.3) is 0 Å². The number of ether oxygens (including phenoxy) is 2. The molecule has 0 atom stereocenters. The highest BCUT2D eigenvalue weighted by molar-refractivity contribution is 6.31. The number of unbranched alkanes of at least 4 members (excludes halogenated alkanes) is 1. The van der Waals surface area contributed by atoms with Gasteiger partial charge in [0.2, 0.25) is 5.91 Å². The molecule has 180 valence electrons. The molecule has 0 saturated carbocycles. The van der Waals surface area contributed by atoms with Gasteiger partial charge in [-0.2, -0.15) is 0 Å². The van der Waals surface area contributed by atoms with Crippen molar-refractivity contribution in [3.05, 3.63) is 77.3 Å². The van der Waals surface area contributed by atoms with Crippen LogP contribution in [0.5, 0.6) is 11.5 Å². The molecule has 0 saturated heterocycles. The summed E-state index contributed by atoms with van der Waals surface area (Å²) in [4.78, 5) is 16.9. The molecule has 1 heterocycles. The number of rotatable bonds is 10. The van der Waals surface area contributed by atoms with E-state index in [0.717, 1.165) is 63.9 Å². The molecule has 35 heavy (non-hydrogen) atoms. The first-order chi connectivity index (χ1) is 17.1. The first kappa shape index (κ1) is 24.4. The van der Waals surface area contributed by atoms with E-state index in [4.69, 9.17) is 26.1 Å². The largest absolute Gasteiger partial charge is 0.497 e. The van der Waals surface area contributed by atoms with Crippen LogP contribution in [0, 0.1) is 0 Å². The second-order valence-corrected chi connectivity index (χ2v) is 8.50. The van der Waals surface area contributed by atoms with Gasteiger partial charge in [0, 0.05) is 35.0 Å². The molecule has 1 amide bonds. The maximum atomic E-state index is 12.1. The van der Waals surface area contributed by atoms with Gasteiger partial charge in [-0.3, -0.25) is 4.79 Å². The summed E-state index contributed by atoms with van der Waals surface area (Å²) >= 11 is 6.20. The van der Waals surface area contributed by atoms with Crippen LogP contribution >= 0.6 is 11.6 Å². The van der Waals surface area contributed by atoms with Crippen molar-refractivity contribution in [3.8, 4) is 11.5 Å². The fourth-order valence-electron chi connectivity index (χ4n) is 3.83. The van der Waals surface area contributed by atoms with Crippen molar-refractivity contribution in [2.75, 3.05) is 32.6 Å². The number of aromatic nitrogens is 1. The van der Waals surface area contributed by atoms with E-state index >= 15 is 0 Å². The van der Waals surface area contributed by atoms with Gasteiger partial charge in [-0.25, -0.2) is 4.98 Å². The number of nitrogens with one attached hydrogen (secondary N) is 2. The number of fused-ring (bicyclic) bond motifs is 2. The summed E-state index contributed by atoms with van der Waals surface area (Å²) in [5.74, 6) is 1.46. The molecule has 6 nitrogen and oxygen atoms in total. The minimum absolute atomic E-state index is 0.108. The smallest absolute Gasteiger partial charge is 0.243 e. The van der Waals surface area contributed by atoms with Gasteiger partial charge in [-0.05, 0) is 73.0 Å². The van der Waals surface area contributed by atoms with Gasteiger partial charge in [0.1, 0.15) is 11.5 Å². The first-order valence-electron chi connectivity index (χ1n) is 11.5. The number of carbonyl (C=O) groups excluding carboxylic acids is 1. The number of nitrogens with zero attached hydrogens (tertiary/aromatic N) is 1. The highest BCUT2D eigenvalue weighted by Gasteiger charge is 2.10. The van der Waals surface area contributed by atoms with Crippen LogP contribution in [0.1, 0.15) is 18.4 Å². The van der Waals surface area contributed by atoms with Crippen molar-refractivity contribution in [2.45, 2.75) is 12.8 Å². The Labute approximate surface area is 209 Å². The van der Waals surface area contributed by atoms with E-state index < -0.39 is 0 Å². The summed E-state index contributed by atoms with van der Waals surface area (Å²) in [6.45, 7) is 1.36. The van der Waals surface area contributed by atoms with Crippen LogP contribution in [0.15, 0.2) is 66.7 Å². The van der Waals surface area contributed by atoms with Crippen molar-refractivity contribution in [1.82, 2.24) is 10.3 Å². The standard InChI is InChI=1S/C28H28ClN3O3/c1-34-21-9-5-19(6-10-21)7-14-27(33)30-15-3-4-16-31-28-23-12-8-20(29)17-26(23)32-25-13-11-22(35-2)18-24(25)28/h5-14,17-18H,3-4,15-16H2,1-2H3,(H,30,33)(H,31,32)/b14-7+. The van der Waals surface area contributed by atoms with Gasteiger partial charge < -0.3 is 20.1 Å². The average molecular weight is 490 g/mol. The quantitative estimate of drug-likeness (QED) is 0.160. The monoisotopic (exact) mass is 489 g/mol. The van der Waals surface area contributed by atoms with Crippen molar-refractivity contribution < 1.29 is 14.3 Å². The maximum Gasteiger partial charge on any atom is 0.243 e. The third-order valence-corrected chi connectivity index (χ3v) is 5.93. The van der Waals surface area contributed by atoms with Crippen molar-refractivity contribution in [3.63, 3.8) is 0 Å². The lowest BCUT2D eigenvalue weighted by Crippen LogP contribution is -2.22. The zero-order valence-electron chi connectivity index (χ0n) is 19.8. The highest BCUT2D eigenvalue weighted by Crippen LogP contribution is 2.34. The molecule has 3 aromatic carbocycles. The zero-order chi connectivity index (χ0) is 24.6. The Morgan fingerprint density at radius 3 is 2.40 bits per heavy atom. The van der Waals surface area contributed by atoms with E-state index in [2.05, 4.69) is 10.6 Å². The number of hydrogen-bond acceptors (Lipinski definition) is 5. The van der Waals surface area contributed by atoms with Crippen molar-refractivity contribution in [2.24, 2.45) is 0 Å². The molecule has 0 spiro atoms. The van der Waals surface area contributed by atoms with Crippen molar-refractivity contribution >= 4 is 51.1 Å². The summed E-state index contributed by atoms with van der Waals surface area (Å²) in [6, 6.07) is 19.1. The molecule has 1 aromatic heterocycles. The van der Waals surface area contributed by atoms with Gasteiger partial charge in [0.05, 0.1) is 30.9 Å². The molecule has 0 unspecified atom stereocenters. The molecule has 0 aliphatic rings. The summed E-state index contributed by atoms with van der Waals surface area (Å²) in [5.41, 5.74) is 3.67. The van der Waals surface area contributed by atoms with Crippen LogP contribution in [0.25, 0.3) is 27.9 Å². The number of halogens is 1.